The quantitative estimate of drug-likeness (QED) is 0.742. The van der Waals surface area contributed by atoms with Crippen molar-refractivity contribution in [2.45, 2.75) is 37.4 Å². The molecular weight excluding hydrogens is 235 g/mol. The van der Waals surface area contributed by atoms with Crippen LogP contribution >= 0.6 is 0 Å². The normalized spacial score (nSPS) is 36.6. The number of nitrogens with two attached hydrogens (primary N) is 1. The first kappa shape index (κ1) is 13.2. The molecule has 4 nitrogen and oxygen atoms in total. The van der Waals surface area contributed by atoms with E-state index in [2.05, 4.69) is 4.98 Å². The van der Waals surface area contributed by atoms with Gasteiger partial charge in [-0.25, -0.2) is 4.39 Å². The predicted molar refractivity (Wildman–Crippen MR) is 66.7 cm³/mol. The van der Waals surface area contributed by atoms with Gasteiger partial charge in [0, 0.05) is 6.20 Å². The molecule has 1 aromatic heterocycles. The summed E-state index contributed by atoms with van der Waals surface area (Å²) in [5.74, 6) is -0.284. The highest BCUT2D eigenvalue weighted by molar-refractivity contribution is 5.46. The Kier molecular flexibility index (Phi) is 3.54. The fraction of sp³-hybridized carbons (Fsp3) is 0.615. The molecule has 0 amide bonds. The highest BCUT2D eigenvalue weighted by Crippen LogP contribution is 2.43. The number of hydrogen-bond acceptors (Lipinski definition) is 4. The zero-order chi connectivity index (χ0) is 13.3. The van der Waals surface area contributed by atoms with E-state index in [1.54, 1.807) is 19.3 Å². The van der Waals surface area contributed by atoms with Crippen molar-refractivity contribution in [3.8, 4) is 0 Å². The van der Waals surface area contributed by atoms with Crippen LogP contribution in [0.3, 0.4) is 0 Å². The van der Waals surface area contributed by atoms with Crippen LogP contribution in [-0.4, -0.2) is 33.6 Å². The number of anilines is 1. The highest BCUT2D eigenvalue weighted by atomic mass is 19.1. The van der Waals surface area contributed by atoms with Crippen LogP contribution in [0.25, 0.3) is 0 Å². The number of hydrogen-bond donors (Lipinski definition) is 3. The summed E-state index contributed by atoms with van der Waals surface area (Å²) in [7, 11) is 0. The van der Waals surface area contributed by atoms with Gasteiger partial charge in [0.15, 0.2) is 0 Å². The van der Waals surface area contributed by atoms with Crippen LogP contribution in [0.1, 0.15) is 31.2 Å². The summed E-state index contributed by atoms with van der Waals surface area (Å²) < 4.78 is 12.9. The Hall–Kier alpha value is -1.20. The minimum absolute atomic E-state index is 0.0322. The largest absolute Gasteiger partial charge is 0.397 e. The molecule has 18 heavy (non-hydrogen) atoms. The summed E-state index contributed by atoms with van der Waals surface area (Å²) in [6.07, 6.45) is 3.08. The number of aliphatic hydroxyl groups excluding tert-OH is 1. The van der Waals surface area contributed by atoms with Gasteiger partial charge >= 0.3 is 0 Å². The van der Waals surface area contributed by atoms with Gasteiger partial charge in [-0.05, 0) is 36.3 Å². The maximum Gasteiger partial charge on any atom is 0.121 e. The van der Waals surface area contributed by atoms with E-state index in [0.29, 0.717) is 18.5 Å². The molecule has 0 bridgehead atoms. The maximum absolute atomic E-state index is 12.9. The van der Waals surface area contributed by atoms with E-state index in [1.165, 1.54) is 0 Å². The van der Waals surface area contributed by atoms with Crippen LogP contribution in [0, 0.1) is 5.92 Å². The van der Waals surface area contributed by atoms with Crippen molar-refractivity contribution < 1.29 is 14.6 Å². The van der Waals surface area contributed by atoms with E-state index in [1.807, 2.05) is 6.07 Å². The number of alkyl halides is 1. The van der Waals surface area contributed by atoms with Crippen LogP contribution < -0.4 is 5.73 Å². The van der Waals surface area contributed by atoms with Crippen molar-refractivity contribution >= 4 is 5.69 Å². The molecule has 1 saturated carbocycles. The van der Waals surface area contributed by atoms with Crippen molar-refractivity contribution in [2.24, 2.45) is 5.92 Å². The minimum Gasteiger partial charge on any atom is -0.397 e. The molecule has 4 unspecified atom stereocenters. The van der Waals surface area contributed by atoms with Gasteiger partial charge in [0.05, 0.1) is 18.0 Å². The number of aromatic nitrogens is 1. The molecule has 1 aliphatic rings. The van der Waals surface area contributed by atoms with Crippen molar-refractivity contribution in [3.05, 3.63) is 24.0 Å². The van der Waals surface area contributed by atoms with Gasteiger partial charge in [0.2, 0.25) is 0 Å². The van der Waals surface area contributed by atoms with E-state index in [0.717, 1.165) is 5.56 Å². The van der Waals surface area contributed by atoms with Crippen LogP contribution in [0.2, 0.25) is 0 Å². The molecule has 1 aromatic rings. The third-order valence-electron chi connectivity index (χ3n) is 4.12. The van der Waals surface area contributed by atoms with Gasteiger partial charge in [-0.1, -0.05) is 6.92 Å². The van der Waals surface area contributed by atoms with Crippen molar-refractivity contribution in [1.29, 1.82) is 0 Å². The molecule has 1 heterocycles. The van der Waals surface area contributed by atoms with Gasteiger partial charge in [-0.3, -0.25) is 4.98 Å². The lowest BCUT2D eigenvalue weighted by atomic mass is 9.68. The van der Waals surface area contributed by atoms with Crippen LogP contribution in [0.15, 0.2) is 18.5 Å². The van der Waals surface area contributed by atoms with Gasteiger partial charge in [0.25, 0.3) is 0 Å². The number of pyridine rings is 1. The lowest BCUT2D eigenvalue weighted by Gasteiger charge is -2.43. The molecule has 1 aliphatic carbocycles. The zero-order valence-corrected chi connectivity index (χ0v) is 10.4. The molecule has 1 fully saturated rings. The molecule has 100 valence electrons. The SMILES string of the molecule is CC1CC(c2ccncc2N)CC(O)C1(O)CF. The van der Waals surface area contributed by atoms with Gasteiger partial charge in [0.1, 0.15) is 12.3 Å². The highest BCUT2D eigenvalue weighted by Gasteiger charge is 2.47. The molecule has 0 aliphatic heterocycles. The molecule has 0 spiro atoms. The number of rotatable bonds is 2. The number of nitrogen functional groups attached to an aromatic ring is 1. The molecule has 2 rings (SSSR count). The summed E-state index contributed by atoms with van der Waals surface area (Å²) in [5.41, 5.74) is 5.73. The second-order valence-corrected chi connectivity index (χ2v) is 5.21. The summed E-state index contributed by atoms with van der Waals surface area (Å²) in [5, 5.41) is 20.1. The van der Waals surface area contributed by atoms with Gasteiger partial charge < -0.3 is 15.9 Å². The Bertz CT molecular complexity index is 415. The minimum atomic E-state index is -1.63. The third-order valence-corrected chi connectivity index (χ3v) is 4.12. The summed E-state index contributed by atoms with van der Waals surface area (Å²) in [6.45, 7) is 0.834. The average Bonchev–Trinajstić information content (AvgIpc) is 2.36. The molecule has 0 saturated heterocycles. The zero-order valence-electron chi connectivity index (χ0n) is 10.4. The van der Waals surface area contributed by atoms with E-state index >= 15 is 0 Å². The van der Waals surface area contributed by atoms with Crippen LogP contribution in [0.4, 0.5) is 10.1 Å². The number of nitrogens with zero attached hydrogens (tertiary/aromatic N) is 1. The lowest BCUT2D eigenvalue weighted by molar-refractivity contribution is -0.146. The third kappa shape index (κ3) is 2.08. The smallest absolute Gasteiger partial charge is 0.121 e. The van der Waals surface area contributed by atoms with Crippen molar-refractivity contribution in [2.75, 3.05) is 12.4 Å². The molecule has 5 heteroatoms. The molecule has 0 aromatic carbocycles. The molecular formula is C13H19FN2O2. The van der Waals surface area contributed by atoms with Gasteiger partial charge in [-0.2, -0.15) is 0 Å². The van der Waals surface area contributed by atoms with Crippen LogP contribution in [0.5, 0.6) is 0 Å². The lowest BCUT2D eigenvalue weighted by Crippen LogP contribution is -2.53. The van der Waals surface area contributed by atoms with E-state index in [-0.39, 0.29) is 11.8 Å². The Morgan fingerprint density at radius 3 is 2.83 bits per heavy atom. The average molecular weight is 254 g/mol. The first-order valence-electron chi connectivity index (χ1n) is 6.14. The predicted octanol–water partition coefficient (Wildman–Crippen LogP) is 1.24. The van der Waals surface area contributed by atoms with Crippen molar-refractivity contribution in [3.63, 3.8) is 0 Å². The summed E-state index contributed by atoms with van der Waals surface area (Å²) in [6, 6.07) is 1.82. The fourth-order valence-electron chi connectivity index (χ4n) is 2.79. The first-order chi connectivity index (χ1) is 8.49. The van der Waals surface area contributed by atoms with Gasteiger partial charge in [-0.15, -0.1) is 0 Å². The Morgan fingerprint density at radius 2 is 2.28 bits per heavy atom. The van der Waals surface area contributed by atoms with Crippen LogP contribution in [-0.2, 0) is 0 Å². The summed E-state index contributed by atoms with van der Waals surface area (Å²) >= 11 is 0. The number of aliphatic hydroxyl groups is 2. The van der Waals surface area contributed by atoms with E-state index in [9.17, 15) is 14.6 Å². The fourth-order valence-corrected chi connectivity index (χ4v) is 2.79. The Balaban J connectivity index is 2.23. The second kappa shape index (κ2) is 4.82. The Labute approximate surface area is 106 Å². The maximum atomic E-state index is 12.9. The monoisotopic (exact) mass is 254 g/mol. The van der Waals surface area contributed by atoms with Crippen molar-refractivity contribution in [1.82, 2.24) is 4.98 Å². The topological polar surface area (TPSA) is 79.4 Å². The standard InChI is InChI=1S/C13H19FN2O2/c1-8-4-9(5-12(17)13(8,18)7-14)10-2-3-16-6-11(10)15/h2-3,6,8-9,12,17-18H,4-5,7,15H2,1H3. The van der Waals surface area contributed by atoms with E-state index in [4.69, 9.17) is 5.73 Å². The molecule has 4 N–H and O–H groups in total. The summed E-state index contributed by atoms with van der Waals surface area (Å²) in [4.78, 5) is 3.93. The first-order valence-corrected chi connectivity index (χ1v) is 6.14. The number of halogens is 1. The molecule has 0 radical (unpaired) electrons. The Morgan fingerprint density at radius 1 is 1.56 bits per heavy atom. The molecule has 4 atom stereocenters. The van der Waals surface area contributed by atoms with E-state index < -0.39 is 18.4 Å². The second-order valence-electron chi connectivity index (χ2n) is 5.21.